The van der Waals surface area contributed by atoms with E-state index in [1.165, 1.54) is 6.07 Å². The fourth-order valence-corrected chi connectivity index (χ4v) is 3.55. The molecule has 3 aromatic rings. The van der Waals surface area contributed by atoms with Gasteiger partial charge < -0.3 is 14.7 Å². The number of nitrogens with zero attached hydrogens (tertiary/aromatic N) is 1. The Bertz CT molecular complexity index is 1070. The Labute approximate surface area is 186 Å². The van der Waals surface area contributed by atoms with Gasteiger partial charge in [0.25, 0.3) is 5.91 Å². The number of carbonyl (C=O) groups excluding carboxylic acids is 1. The Kier molecular flexibility index (Phi) is 7.32. The van der Waals surface area contributed by atoms with E-state index in [-0.39, 0.29) is 29.9 Å². The molecule has 160 valence electrons. The van der Waals surface area contributed by atoms with Gasteiger partial charge in [-0.2, -0.15) is 0 Å². The third kappa shape index (κ3) is 5.86. The molecule has 0 saturated heterocycles. The molecule has 0 aromatic heterocycles. The predicted octanol–water partition coefficient (Wildman–Crippen LogP) is 5.52. The highest BCUT2D eigenvalue weighted by Gasteiger charge is 2.23. The van der Waals surface area contributed by atoms with Gasteiger partial charge in [0, 0.05) is 11.6 Å². The standard InChI is InChI=1S/C25H24ClNO4/c1-17-11-12-22(25(29)30)23(13-17)31-16-24(28)27(15-19-7-6-10-21(26)14-19)18(2)20-8-4-3-5-9-20/h3-14,18H,15-16H2,1-2H3,(H,29,30)/t18-/m1/s1. The molecule has 6 heteroatoms. The SMILES string of the molecule is Cc1ccc(C(=O)O)c(OCC(=O)N(Cc2cccc(Cl)c2)[C@H](C)c2ccccc2)c1. The van der Waals surface area contributed by atoms with E-state index in [4.69, 9.17) is 16.3 Å². The topological polar surface area (TPSA) is 66.8 Å². The van der Waals surface area contributed by atoms with Gasteiger partial charge in [0.1, 0.15) is 11.3 Å². The summed E-state index contributed by atoms with van der Waals surface area (Å²) in [5.74, 6) is -1.18. The van der Waals surface area contributed by atoms with Crippen LogP contribution in [-0.4, -0.2) is 28.5 Å². The molecule has 3 aromatic carbocycles. The number of rotatable bonds is 8. The van der Waals surface area contributed by atoms with Crippen LogP contribution < -0.4 is 4.74 Å². The highest BCUT2D eigenvalue weighted by atomic mass is 35.5. The quantitative estimate of drug-likeness (QED) is 0.504. The number of halogens is 1. The molecule has 0 bridgehead atoms. The maximum absolute atomic E-state index is 13.2. The van der Waals surface area contributed by atoms with Crippen LogP contribution in [0.25, 0.3) is 0 Å². The third-order valence-electron chi connectivity index (χ3n) is 5.03. The molecule has 0 aliphatic rings. The van der Waals surface area contributed by atoms with E-state index in [0.29, 0.717) is 11.6 Å². The number of ether oxygens (including phenoxy) is 1. The number of amides is 1. The first-order chi connectivity index (χ1) is 14.8. The monoisotopic (exact) mass is 437 g/mol. The zero-order chi connectivity index (χ0) is 22.4. The number of carboxylic acids is 1. The summed E-state index contributed by atoms with van der Waals surface area (Å²) in [5.41, 5.74) is 2.75. The number of aryl methyl sites for hydroxylation is 1. The van der Waals surface area contributed by atoms with E-state index < -0.39 is 5.97 Å². The van der Waals surface area contributed by atoms with E-state index in [0.717, 1.165) is 16.7 Å². The molecule has 5 nitrogen and oxygen atoms in total. The van der Waals surface area contributed by atoms with Crippen LogP contribution in [0.5, 0.6) is 5.75 Å². The predicted molar refractivity (Wildman–Crippen MR) is 120 cm³/mol. The van der Waals surface area contributed by atoms with Gasteiger partial charge in [-0.05, 0) is 54.8 Å². The molecule has 0 unspecified atom stereocenters. The van der Waals surface area contributed by atoms with Crippen molar-refractivity contribution in [3.63, 3.8) is 0 Å². The van der Waals surface area contributed by atoms with Crippen LogP contribution in [0.4, 0.5) is 0 Å². The smallest absolute Gasteiger partial charge is 0.339 e. The van der Waals surface area contributed by atoms with Gasteiger partial charge in [0.15, 0.2) is 6.61 Å². The lowest BCUT2D eigenvalue weighted by atomic mass is 10.1. The van der Waals surface area contributed by atoms with Crippen molar-refractivity contribution in [1.82, 2.24) is 4.90 Å². The number of aromatic carboxylic acids is 1. The molecule has 1 N–H and O–H groups in total. The van der Waals surface area contributed by atoms with Crippen LogP contribution in [0.2, 0.25) is 5.02 Å². The summed E-state index contributed by atoms with van der Waals surface area (Å²) in [6, 6.07) is 21.7. The Balaban J connectivity index is 1.84. The summed E-state index contributed by atoms with van der Waals surface area (Å²) < 4.78 is 5.67. The second-order valence-corrected chi connectivity index (χ2v) is 7.77. The average molecular weight is 438 g/mol. The molecule has 1 atom stereocenters. The van der Waals surface area contributed by atoms with Crippen LogP contribution in [0.15, 0.2) is 72.8 Å². The lowest BCUT2D eigenvalue weighted by molar-refractivity contribution is -0.136. The third-order valence-corrected chi connectivity index (χ3v) is 5.27. The molecular formula is C25H24ClNO4. The molecular weight excluding hydrogens is 414 g/mol. The molecule has 3 rings (SSSR count). The van der Waals surface area contributed by atoms with E-state index in [9.17, 15) is 14.7 Å². The van der Waals surface area contributed by atoms with Gasteiger partial charge >= 0.3 is 5.97 Å². The van der Waals surface area contributed by atoms with Crippen molar-refractivity contribution < 1.29 is 19.4 Å². The second kappa shape index (κ2) is 10.1. The van der Waals surface area contributed by atoms with Crippen molar-refractivity contribution in [3.8, 4) is 5.75 Å². The van der Waals surface area contributed by atoms with Crippen molar-refractivity contribution in [2.45, 2.75) is 26.4 Å². The summed E-state index contributed by atoms with van der Waals surface area (Å²) in [5, 5.41) is 10.00. The number of carbonyl (C=O) groups is 2. The molecule has 0 aliphatic heterocycles. The summed E-state index contributed by atoms with van der Waals surface area (Å²) in [4.78, 5) is 26.4. The number of carboxylic acid groups (broad SMARTS) is 1. The normalized spacial score (nSPS) is 11.6. The number of benzene rings is 3. The minimum Gasteiger partial charge on any atom is -0.483 e. The van der Waals surface area contributed by atoms with Crippen LogP contribution >= 0.6 is 11.6 Å². The Hall–Kier alpha value is -3.31. The zero-order valence-corrected chi connectivity index (χ0v) is 18.2. The average Bonchev–Trinajstić information content (AvgIpc) is 2.76. The van der Waals surface area contributed by atoms with Gasteiger partial charge in [-0.25, -0.2) is 4.79 Å². The second-order valence-electron chi connectivity index (χ2n) is 7.33. The van der Waals surface area contributed by atoms with Crippen molar-refractivity contribution in [3.05, 3.63) is 100 Å². The van der Waals surface area contributed by atoms with Crippen LogP contribution in [0.1, 0.15) is 40.0 Å². The maximum Gasteiger partial charge on any atom is 0.339 e. The van der Waals surface area contributed by atoms with Crippen LogP contribution in [-0.2, 0) is 11.3 Å². The molecule has 0 spiro atoms. The molecule has 0 radical (unpaired) electrons. The van der Waals surface area contributed by atoms with Gasteiger partial charge in [0.2, 0.25) is 0 Å². The first-order valence-corrected chi connectivity index (χ1v) is 10.3. The summed E-state index contributed by atoms with van der Waals surface area (Å²) in [7, 11) is 0. The van der Waals surface area contributed by atoms with E-state index in [1.807, 2.05) is 62.4 Å². The summed E-state index contributed by atoms with van der Waals surface area (Å²) in [6.07, 6.45) is 0. The minimum atomic E-state index is -1.10. The van der Waals surface area contributed by atoms with Gasteiger partial charge in [-0.15, -0.1) is 0 Å². The first-order valence-electron chi connectivity index (χ1n) is 9.90. The lowest BCUT2D eigenvalue weighted by Crippen LogP contribution is -2.36. The Morgan fingerprint density at radius 2 is 1.77 bits per heavy atom. The number of hydrogen-bond acceptors (Lipinski definition) is 3. The number of hydrogen-bond donors (Lipinski definition) is 1. The van der Waals surface area contributed by atoms with Crippen molar-refractivity contribution >= 4 is 23.5 Å². The van der Waals surface area contributed by atoms with E-state index in [2.05, 4.69) is 0 Å². The lowest BCUT2D eigenvalue weighted by Gasteiger charge is -2.30. The molecule has 0 aliphatic carbocycles. The van der Waals surface area contributed by atoms with E-state index in [1.54, 1.807) is 23.1 Å². The maximum atomic E-state index is 13.2. The summed E-state index contributed by atoms with van der Waals surface area (Å²) in [6.45, 7) is 3.86. The first kappa shape index (κ1) is 22.4. The van der Waals surface area contributed by atoms with Crippen LogP contribution in [0, 0.1) is 6.92 Å². The van der Waals surface area contributed by atoms with Crippen molar-refractivity contribution in [2.75, 3.05) is 6.61 Å². The molecule has 0 saturated carbocycles. The highest BCUT2D eigenvalue weighted by Crippen LogP contribution is 2.25. The molecule has 31 heavy (non-hydrogen) atoms. The van der Waals surface area contributed by atoms with Gasteiger partial charge in [0.05, 0.1) is 6.04 Å². The largest absolute Gasteiger partial charge is 0.483 e. The zero-order valence-electron chi connectivity index (χ0n) is 17.4. The fourth-order valence-electron chi connectivity index (χ4n) is 3.33. The molecule has 1 amide bonds. The van der Waals surface area contributed by atoms with Gasteiger partial charge in [-0.1, -0.05) is 60.1 Å². The Morgan fingerprint density at radius 3 is 2.45 bits per heavy atom. The molecule has 0 fully saturated rings. The van der Waals surface area contributed by atoms with E-state index >= 15 is 0 Å². The van der Waals surface area contributed by atoms with Crippen LogP contribution in [0.3, 0.4) is 0 Å². The Morgan fingerprint density at radius 1 is 1.03 bits per heavy atom. The highest BCUT2D eigenvalue weighted by molar-refractivity contribution is 6.30. The molecule has 0 heterocycles. The minimum absolute atomic E-state index is 0.0240. The van der Waals surface area contributed by atoms with Crippen molar-refractivity contribution in [1.29, 1.82) is 0 Å². The summed E-state index contributed by atoms with van der Waals surface area (Å²) >= 11 is 6.12. The van der Waals surface area contributed by atoms with Crippen molar-refractivity contribution in [2.24, 2.45) is 0 Å². The fraction of sp³-hybridized carbons (Fsp3) is 0.200. The van der Waals surface area contributed by atoms with Gasteiger partial charge in [-0.3, -0.25) is 4.79 Å².